The van der Waals surface area contributed by atoms with Crippen molar-refractivity contribution >= 4 is 27.6 Å². The minimum absolute atomic E-state index is 0.0136. The number of alkyl halides is 3. The van der Waals surface area contributed by atoms with Gasteiger partial charge in [0.1, 0.15) is 23.2 Å². The zero-order valence-corrected chi connectivity index (χ0v) is 27.7. The van der Waals surface area contributed by atoms with Crippen LogP contribution in [0.15, 0.2) is 42.6 Å². The highest BCUT2D eigenvalue weighted by atomic mass is 32.2. The predicted octanol–water partition coefficient (Wildman–Crippen LogP) is 3.77. The molecule has 2 heterocycles. The highest BCUT2D eigenvalue weighted by Crippen LogP contribution is 2.42. The van der Waals surface area contributed by atoms with Crippen LogP contribution in [0.2, 0.25) is 0 Å². The molecule has 4 atom stereocenters. The largest absolute Gasteiger partial charge is 0.495 e. The lowest BCUT2D eigenvalue weighted by molar-refractivity contribution is -0.140. The number of hydrogen-bond donors (Lipinski definition) is 2. The van der Waals surface area contributed by atoms with Crippen molar-refractivity contribution in [2.75, 3.05) is 53.0 Å². The number of methoxy groups -OCH3 is 2. The van der Waals surface area contributed by atoms with Gasteiger partial charge in [0.05, 0.1) is 42.8 Å². The number of sulfonamides is 1. The van der Waals surface area contributed by atoms with E-state index in [0.717, 1.165) is 22.7 Å². The van der Waals surface area contributed by atoms with Crippen molar-refractivity contribution in [2.24, 2.45) is 0 Å². The predicted molar refractivity (Wildman–Crippen MR) is 167 cm³/mol. The second-order valence-corrected chi connectivity index (χ2v) is 13.8. The molecule has 0 spiro atoms. The summed E-state index contributed by atoms with van der Waals surface area (Å²) in [6.07, 6.45) is -4.09. The van der Waals surface area contributed by atoms with Crippen LogP contribution in [0.5, 0.6) is 11.6 Å². The first kappa shape index (κ1) is 35.3. The minimum atomic E-state index is -4.92. The van der Waals surface area contributed by atoms with Gasteiger partial charge in [-0.2, -0.15) is 22.5 Å². The maximum atomic E-state index is 15.4. The number of anilines is 2. The summed E-state index contributed by atoms with van der Waals surface area (Å²) >= 11 is 0. The van der Waals surface area contributed by atoms with Crippen LogP contribution in [0, 0.1) is 5.82 Å². The molecule has 1 amide bonds. The molecule has 5 rings (SSSR count). The fourth-order valence-electron chi connectivity index (χ4n) is 5.97. The number of halogens is 4. The zero-order valence-electron chi connectivity index (χ0n) is 26.8. The van der Waals surface area contributed by atoms with Crippen LogP contribution < -0.4 is 20.1 Å². The molecule has 1 aliphatic heterocycles. The Morgan fingerprint density at radius 2 is 1.88 bits per heavy atom. The number of likely N-dealkylation sites (N-methyl/N-ethyl adjacent to an activating group) is 2. The molecule has 0 unspecified atom stereocenters. The summed E-state index contributed by atoms with van der Waals surface area (Å²) in [5, 5.41) is 5.47. The normalized spacial score (nSPS) is 21.5. The van der Waals surface area contributed by atoms with Crippen molar-refractivity contribution in [3.63, 3.8) is 0 Å². The lowest BCUT2D eigenvalue weighted by Gasteiger charge is -2.36. The monoisotopic (exact) mass is 696 g/mol. The minimum Gasteiger partial charge on any atom is -0.495 e. The Hall–Kier alpha value is -4.06. The molecule has 17 heteroatoms. The molecule has 0 bridgehead atoms. The van der Waals surface area contributed by atoms with Crippen LogP contribution in [0.1, 0.15) is 39.5 Å². The summed E-state index contributed by atoms with van der Waals surface area (Å²) in [6, 6.07) is 7.68. The third-order valence-corrected chi connectivity index (χ3v) is 9.82. The Bertz CT molecular complexity index is 1780. The van der Waals surface area contributed by atoms with Crippen LogP contribution in [0.25, 0.3) is 0 Å². The van der Waals surface area contributed by atoms with Gasteiger partial charge in [-0.15, -0.1) is 0 Å². The number of amides is 1. The van der Waals surface area contributed by atoms with Gasteiger partial charge in [0.2, 0.25) is 21.9 Å². The van der Waals surface area contributed by atoms with E-state index in [4.69, 9.17) is 14.2 Å². The van der Waals surface area contributed by atoms with Crippen LogP contribution in [0.4, 0.5) is 29.2 Å². The summed E-state index contributed by atoms with van der Waals surface area (Å²) in [4.78, 5) is 22.9. The third kappa shape index (κ3) is 7.48. The lowest BCUT2D eigenvalue weighted by atomic mass is 10.0. The van der Waals surface area contributed by atoms with Gasteiger partial charge in [-0.25, -0.2) is 17.8 Å². The highest BCUT2D eigenvalue weighted by molar-refractivity contribution is 7.88. The van der Waals surface area contributed by atoms with E-state index in [1.54, 1.807) is 24.3 Å². The molecule has 0 saturated carbocycles. The van der Waals surface area contributed by atoms with Crippen LogP contribution in [-0.4, -0.2) is 99.4 Å². The van der Waals surface area contributed by atoms with Crippen molar-refractivity contribution in [3.8, 4) is 11.6 Å². The number of carbonyl (C=O) groups excluding carboxylic acids is 1. The maximum Gasteiger partial charge on any atom is 0.423 e. The van der Waals surface area contributed by atoms with Gasteiger partial charge in [-0.3, -0.25) is 4.79 Å². The van der Waals surface area contributed by atoms with Gasteiger partial charge in [0.15, 0.2) is 0 Å². The molecule has 48 heavy (non-hydrogen) atoms. The molecular formula is C31H36F4N6O6S. The van der Waals surface area contributed by atoms with E-state index in [0.29, 0.717) is 36.8 Å². The maximum absolute atomic E-state index is 15.4. The molecule has 260 valence electrons. The molecule has 0 radical (unpaired) electrons. The number of nitrogens with one attached hydrogen (secondary N) is 2. The smallest absolute Gasteiger partial charge is 0.423 e. The molecule has 2 aliphatic rings. The number of hydrogen-bond acceptors (Lipinski definition) is 10. The van der Waals surface area contributed by atoms with Crippen molar-refractivity contribution in [2.45, 2.75) is 43.3 Å². The molecule has 1 aromatic heterocycles. The molecule has 12 nitrogen and oxygen atoms in total. The van der Waals surface area contributed by atoms with E-state index in [9.17, 15) is 26.4 Å². The number of aromatic nitrogens is 2. The summed E-state index contributed by atoms with van der Waals surface area (Å²) in [7, 11) is 2.28. The highest BCUT2D eigenvalue weighted by Gasteiger charge is 2.43. The molecule has 2 aromatic carbocycles. The number of likely N-dealkylation sites (tertiary alicyclic amines) is 1. The van der Waals surface area contributed by atoms with Gasteiger partial charge < -0.3 is 29.7 Å². The Morgan fingerprint density at radius 1 is 1.15 bits per heavy atom. The average molecular weight is 697 g/mol. The summed E-state index contributed by atoms with van der Waals surface area (Å²) in [5.41, 5.74) is -0.381. The van der Waals surface area contributed by atoms with Crippen molar-refractivity contribution < 1.29 is 45.0 Å². The summed E-state index contributed by atoms with van der Waals surface area (Å²) < 4.78 is 100. The first-order valence-electron chi connectivity index (χ1n) is 14.9. The zero-order chi connectivity index (χ0) is 35.0. The van der Waals surface area contributed by atoms with Crippen LogP contribution in [0.3, 0.4) is 0 Å². The van der Waals surface area contributed by atoms with E-state index < -0.39 is 57.5 Å². The Labute approximate surface area is 275 Å². The van der Waals surface area contributed by atoms with E-state index >= 15 is 4.39 Å². The summed E-state index contributed by atoms with van der Waals surface area (Å²) in [5.74, 6) is -2.89. The van der Waals surface area contributed by atoms with E-state index in [2.05, 4.69) is 25.5 Å². The number of carbonyl (C=O) groups is 1. The van der Waals surface area contributed by atoms with Crippen molar-refractivity contribution in [1.82, 2.24) is 24.5 Å². The molecular weight excluding hydrogens is 660 g/mol. The Balaban J connectivity index is 1.43. The molecule has 2 N–H and O–H groups in total. The second-order valence-electron chi connectivity index (χ2n) is 11.8. The fourth-order valence-corrected chi connectivity index (χ4v) is 6.63. The third-order valence-electron chi connectivity index (χ3n) is 8.55. The van der Waals surface area contributed by atoms with E-state index in [1.165, 1.54) is 21.3 Å². The second kappa shape index (κ2) is 13.8. The SMILES string of the molecule is COc1cc(C(=O)N[C@H]2CCN(C)C[C@@H]2OC)c(F)cc1Nc1ncc(C(F)(F)F)c(O[C@@H]2Cc3ccccc3[C@H]2N(C)S(C)(=O)=O)n1. The lowest BCUT2D eigenvalue weighted by Crippen LogP contribution is -2.53. The quantitative estimate of drug-likeness (QED) is 0.302. The van der Waals surface area contributed by atoms with E-state index in [1.807, 2.05) is 7.05 Å². The fraction of sp³-hybridized carbons (Fsp3) is 0.452. The van der Waals surface area contributed by atoms with Crippen molar-refractivity contribution in [3.05, 3.63) is 70.7 Å². The molecule has 3 aromatic rings. The van der Waals surface area contributed by atoms with Gasteiger partial charge in [0.25, 0.3) is 5.91 Å². The van der Waals surface area contributed by atoms with Gasteiger partial charge in [-0.1, -0.05) is 24.3 Å². The Morgan fingerprint density at radius 3 is 2.54 bits per heavy atom. The van der Waals surface area contributed by atoms with Gasteiger partial charge in [-0.05, 0) is 37.2 Å². The Kier molecular flexibility index (Phi) is 10.1. The standard InChI is InChI=1S/C31H36F4N6O6S/c1-40-11-10-22(26(16-40)46-4)37-28(42)19-13-24(45-3)23(14-21(19)32)38-30-36-15-20(31(33,34)35)29(39-30)47-25-12-17-8-6-7-9-18(17)27(25)41(2)48(5,43)44/h6-9,13-15,22,25-27H,10-12,16H2,1-5H3,(H,37,42)(H,36,38,39)/t22-,25+,26-,27+/m0/s1. The van der Waals surface area contributed by atoms with Crippen molar-refractivity contribution in [1.29, 1.82) is 0 Å². The van der Waals surface area contributed by atoms with E-state index in [-0.39, 0.29) is 35.6 Å². The number of fused-ring (bicyclic) bond motifs is 1. The number of piperidine rings is 1. The number of nitrogens with zero attached hydrogens (tertiary/aromatic N) is 4. The molecule has 1 fully saturated rings. The van der Waals surface area contributed by atoms with Crippen LogP contribution >= 0.6 is 0 Å². The summed E-state index contributed by atoms with van der Waals surface area (Å²) in [6.45, 7) is 1.29. The number of rotatable bonds is 10. The number of benzene rings is 2. The number of ether oxygens (including phenoxy) is 3. The molecule has 1 saturated heterocycles. The topological polar surface area (TPSA) is 135 Å². The first-order chi connectivity index (χ1) is 22.6. The molecule has 1 aliphatic carbocycles. The first-order valence-corrected chi connectivity index (χ1v) is 16.7. The van der Waals surface area contributed by atoms with Gasteiger partial charge >= 0.3 is 6.18 Å². The average Bonchev–Trinajstić information content (AvgIpc) is 3.38. The van der Waals surface area contributed by atoms with Crippen LogP contribution in [-0.2, 0) is 27.4 Å². The van der Waals surface area contributed by atoms with Gasteiger partial charge in [0, 0.05) is 39.4 Å².